The molecule has 0 radical (unpaired) electrons. The van der Waals surface area contributed by atoms with E-state index in [-0.39, 0.29) is 23.8 Å². The highest BCUT2D eigenvalue weighted by Crippen LogP contribution is 2.43. The largest absolute Gasteiger partial charge is 0.364 e. The zero-order chi connectivity index (χ0) is 23.7. The summed E-state index contributed by atoms with van der Waals surface area (Å²) >= 11 is 5.99. The van der Waals surface area contributed by atoms with E-state index in [4.69, 9.17) is 11.6 Å². The van der Waals surface area contributed by atoms with E-state index in [9.17, 15) is 9.59 Å². The van der Waals surface area contributed by atoms with Gasteiger partial charge in [0.1, 0.15) is 0 Å². The maximum Gasteiger partial charge on any atom is 0.224 e. The van der Waals surface area contributed by atoms with Gasteiger partial charge >= 0.3 is 0 Å². The molecule has 7 heteroatoms. The molecule has 0 saturated carbocycles. The number of benzene rings is 2. The first kappa shape index (κ1) is 23.1. The van der Waals surface area contributed by atoms with Crippen LogP contribution in [0, 0.1) is 0 Å². The van der Waals surface area contributed by atoms with Gasteiger partial charge in [-0.3, -0.25) is 14.7 Å². The molecule has 172 valence electrons. The molecule has 0 fully saturated rings. The standard InChI is InChI=1S/C26H29ClN4O2/c1-16(2)31-21(15-25(33)30(3)4)13-19-12-18(14-22(26(19)31)23-9-10-28-29-23)24(32)11-17-5-7-20(27)8-6-17/h5-10,12,14,16,21H,11,13,15H2,1-4H3,(H,28,29). The van der Waals surface area contributed by atoms with Gasteiger partial charge in [0, 0.05) is 67.1 Å². The van der Waals surface area contributed by atoms with E-state index in [1.807, 2.05) is 30.3 Å². The summed E-state index contributed by atoms with van der Waals surface area (Å²) in [5.74, 6) is 0.144. The van der Waals surface area contributed by atoms with Crippen molar-refractivity contribution in [2.75, 3.05) is 19.0 Å². The first-order chi connectivity index (χ1) is 15.7. The maximum atomic E-state index is 13.3. The third kappa shape index (κ3) is 4.81. The van der Waals surface area contributed by atoms with Gasteiger partial charge in [0.25, 0.3) is 0 Å². The second-order valence-corrected chi connectivity index (χ2v) is 9.52. The third-order valence-corrected chi connectivity index (χ3v) is 6.40. The fraction of sp³-hybridized carbons (Fsp3) is 0.346. The SMILES string of the molecule is CC(C)N1c2c(cc(C(=O)Cc3ccc(Cl)cc3)cc2-c2ccn[nH]2)CC1CC(=O)N(C)C. The van der Waals surface area contributed by atoms with Crippen LogP contribution in [0.25, 0.3) is 11.3 Å². The summed E-state index contributed by atoms with van der Waals surface area (Å²) < 4.78 is 0. The number of fused-ring (bicyclic) bond motifs is 1. The number of ketones is 1. The van der Waals surface area contributed by atoms with Crippen molar-refractivity contribution in [3.63, 3.8) is 0 Å². The van der Waals surface area contributed by atoms with Crippen molar-refractivity contribution in [3.05, 3.63) is 70.4 Å². The molecule has 2 aromatic carbocycles. The summed E-state index contributed by atoms with van der Waals surface area (Å²) in [4.78, 5) is 29.8. The van der Waals surface area contributed by atoms with Gasteiger partial charge in [-0.1, -0.05) is 23.7 Å². The summed E-state index contributed by atoms with van der Waals surface area (Å²) in [6, 6.07) is 13.5. The molecule has 2 heterocycles. The highest BCUT2D eigenvalue weighted by atomic mass is 35.5. The van der Waals surface area contributed by atoms with Crippen LogP contribution in [0.3, 0.4) is 0 Å². The monoisotopic (exact) mass is 464 g/mol. The summed E-state index contributed by atoms with van der Waals surface area (Å²) in [7, 11) is 3.57. The van der Waals surface area contributed by atoms with Gasteiger partial charge < -0.3 is 9.80 Å². The van der Waals surface area contributed by atoms with Gasteiger partial charge in [0.2, 0.25) is 5.91 Å². The van der Waals surface area contributed by atoms with Crippen molar-refractivity contribution in [3.8, 4) is 11.3 Å². The van der Waals surface area contributed by atoms with Crippen LogP contribution in [0.1, 0.15) is 41.8 Å². The molecule has 0 spiro atoms. The molecular weight excluding hydrogens is 436 g/mol. The Bertz CT molecular complexity index is 1150. The minimum Gasteiger partial charge on any atom is -0.364 e. The predicted octanol–water partition coefficient (Wildman–Crippen LogP) is 4.77. The molecule has 1 amide bonds. The lowest BCUT2D eigenvalue weighted by Crippen LogP contribution is -2.41. The summed E-state index contributed by atoms with van der Waals surface area (Å²) in [6.45, 7) is 4.27. The number of hydrogen-bond acceptors (Lipinski definition) is 4. The molecule has 1 aliphatic heterocycles. The van der Waals surface area contributed by atoms with Crippen LogP contribution in [0.4, 0.5) is 5.69 Å². The van der Waals surface area contributed by atoms with Crippen LogP contribution in [0.2, 0.25) is 5.02 Å². The minimum absolute atomic E-state index is 0.0400. The molecule has 4 rings (SSSR count). The predicted molar refractivity (Wildman–Crippen MR) is 132 cm³/mol. The van der Waals surface area contributed by atoms with Gasteiger partial charge in [-0.15, -0.1) is 0 Å². The number of nitrogens with one attached hydrogen (secondary N) is 1. The number of nitrogens with zero attached hydrogens (tertiary/aromatic N) is 3. The van der Waals surface area contributed by atoms with Crippen molar-refractivity contribution in [2.24, 2.45) is 0 Å². The van der Waals surface area contributed by atoms with Crippen LogP contribution >= 0.6 is 11.6 Å². The lowest BCUT2D eigenvalue weighted by molar-refractivity contribution is -0.129. The Labute approximate surface area is 199 Å². The molecular formula is C26H29ClN4O2. The van der Waals surface area contributed by atoms with Crippen molar-refractivity contribution in [1.29, 1.82) is 0 Å². The average Bonchev–Trinajstić information content (AvgIpc) is 3.42. The molecule has 6 nitrogen and oxygen atoms in total. The second-order valence-electron chi connectivity index (χ2n) is 9.08. The molecule has 1 aliphatic rings. The summed E-state index contributed by atoms with van der Waals surface area (Å²) in [5.41, 5.74) is 5.55. The average molecular weight is 465 g/mol. The number of anilines is 1. The van der Waals surface area contributed by atoms with E-state index in [2.05, 4.69) is 28.9 Å². The van der Waals surface area contributed by atoms with Gasteiger partial charge in [0.15, 0.2) is 5.78 Å². The maximum absolute atomic E-state index is 13.3. The molecule has 0 bridgehead atoms. The number of Topliss-reactive ketones (excluding diaryl/α,β-unsaturated/α-hetero) is 1. The number of aromatic nitrogens is 2. The number of amides is 1. The van der Waals surface area contributed by atoms with E-state index in [1.165, 1.54) is 0 Å². The number of H-pyrrole nitrogens is 1. The Morgan fingerprint density at radius 1 is 1.18 bits per heavy atom. The zero-order valence-electron chi connectivity index (χ0n) is 19.4. The molecule has 0 aliphatic carbocycles. The Hall–Kier alpha value is -3.12. The highest BCUT2D eigenvalue weighted by molar-refractivity contribution is 6.30. The smallest absolute Gasteiger partial charge is 0.224 e. The van der Waals surface area contributed by atoms with E-state index in [0.717, 1.165) is 34.5 Å². The van der Waals surface area contributed by atoms with Gasteiger partial charge in [0.05, 0.1) is 5.69 Å². The number of hydrogen-bond donors (Lipinski definition) is 1. The Balaban J connectivity index is 1.75. The molecule has 3 aromatic rings. The molecule has 0 saturated heterocycles. The van der Waals surface area contributed by atoms with Gasteiger partial charge in [-0.2, -0.15) is 5.10 Å². The lowest BCUT2D eigenvalue weighted by atomic mass is 9.95. The van der Waals surface area contributed by atoms with Crippen LogP contribution < -0.4 is 4.90 Å². The van der Waals surface area contributed by atoms with E-state index >= 15 is 0 Å². The lowest BCUT2D eigenvalue weighted by Gasteiger charge is -2.33. The van der Waals surface area contributed by atoms with Crippen molar-refractivity contribution in [2.45, 2.75) is 45.2 Å². The highest BCUT2D eigenvalue weighted by Gasteiger charge is 2.36. The Kier molecular flexibility index (Phi) is 6.56. The number of rotatable bonds is 7. The van der Waals surface area contributed by atoms with E-state index in [0.29, 0.717) is 23.4 Å². The van der Waals surface area contributed by atoms with Crippen LogP contribution in [0.15, 0.2) is 48.7 Å². The molecule has 33 heavy (non-hydrogen) atoms. The number of halogens is 1. The number of carbonyl (C=O) groups is 2. The van der Waals surface area contributed by atoms with Crippen LogP contribution in [0.5, 0.6) is 0 Å². The zero-order valence-corrected chi connectivity index (χ0v) is 20.2. The third-order valence-electron chi connectivity index (χ3n) is 6.15. The molecule has 1 atom stereocenters. The van der Waals surface area contributed by atoms with Gasteiger partial charge in [-0.05, 0) is 61.7 Å². The summed E-state index contributed by atoms with van der Waals surface area (Å²) in [5, 5.41) is 7.84. The van der Waals surface area contributed by atoms with Gasteiger partial charge in [-0.25, -0.2) is 0 Å². The minimum atomic E-state index is 0.0400. The normalized spacial score (nSPS) is 15.1. The number of aromatic amines is 1. The molecule has 1 N–H and O–H groups in total. The second kappa shape index (κ2) is 9.40. The summed E-state index contributed by atoms with van der Waals surface area (Å²) in [6.07, 6.45) is 3.16. The fourth-order valence-corrected chi connectivity index (χ4v) is 4.71. The van der Waals surface area contributed by atoms with Crippen LogP contribution in [-0.2, 0) is 17.6 Å². The molecule has 1 unspecified atom stereocenters. The topological polar surface area (TPSA) is 69.3 Å². The Morgan fingerprint density at radius 2 is 1.91 bits per heavy atom. The van der Waals surface area contributed by atoms with Crippen molar-refractivity contribution >= 4 is 29.0 Å². The first-order valence-electron chi connectivity index (χ1n) is 11.2. The first-order valence-corrected chi connectivity index (χ1v) is 11.5. The van der Waals surface area contributed by atoms with Crippen molar-refractivity contribution in [1.82, 2.24) is 15.1 Å². The van der Waals surface area contributed by atoms with Crippen molar-refractivity contribution < 1.29 is 9.59 Å². The quantitative estimate of drug-likeness (QED) is 0.511. The fourth-order valence-electron chi connectivity index (χ4n) is 4.59. The van der Waals surface area contributed by atoms with E-state index in [1.54, 1.807) is 37.3 Å². The van der Waals surface area contributed by atoms with Crippen LogP contribution in [-0.4, -0.2) is 53.0 Å². The van der Waals surface area contributed by atoms with E-state index < -0.39 is 0 Å². The number of carbonyl (C=O) groups excluding carboxylic acids is 2. The molecule has 1 aromatic heterocycles. The Morgan fingerprint density at radius 3 is 2.52 bits per heavy atom.